The quantitative estimate of drug-likeness (QED) is 0.540. The largest absolute Gasteiger partial charge is 0.402 e. The molecule has 3 rings (SSSR count). The first kappa shape index (κ1) is 12.0. The van der Waals surface area contributed by atoms with E-state index in [2.05, 4.69) is 84.9 Å². The first-order valence-electron chi connectivity index (χ1n) is 6.68. The van der Waals surface area contributed by atoms with E-state index in [1.165, 1.54) is 21.8 Å². The van der Waals surface area contributed by atoms with E-state index in [0.717, 1.165) is 0 Å². The lowest BCUT2D eigenvalue weighted by Crippen LogP contribution is -2.48. The maximum atomic E-state index is 2.32. The Morgan fingerprint density at radius 2 is 1.79 bits per heavy atom. The van der Waals surface area contributed by atoms with Crippen molar-refractivity contribution in [2.24, 2.45) is 7.05 Å². The van der Waals surface area contributed by atoms with E-state index in [1.54, 1.807) is 0 Å². The van der Waals surface area contributed by atoms with Crippen molar-refractivity contribution in [3.8, 4) is 0 Å². The second kappa shape index (κ2) is 4.58. The molecule has 2 nitrogen and oxygen atoms in total. The highest BCUT2D eigenvalue weighted by atomic mass is 15.2. The lowest BCUT2D eigenvalue weighted by Gasteiger charge is -2.20. The number of aromatic nitrogens is 1. The molecule has 94 valence electrons. The van der Waals surface area contributed by atoms with Crippen molar-refractivity contribution in [2.45, 2.75) is 13.7 Å². The third-order valence-electron chi connectivity index (χ3n) is 3.65. The van der Waals surface area contributed by atoms with Crippen LogP contribution in [0.5, 0.6) is 0 Å². The number of aryl methyl sites for hydroxylation is 2. The molecule has 0 N–H and O–H groups in total. The number of hydrogen-bond acceptors (Lipinski definition) is 1. The molecule has 0 saturated heterocycles. The van der Waals surface area contributed by atoms with E-state index < -0.39 is 0 Å². The van der Waals surface area contributed by atoms with Crippen molar-refractivity contribution in [3.63, 3.8) is 0 Å². The van der Waals surface area contributed by atoms with Crippen LogP contribution in [0.1, 0.15) is 5.56 Å². The normalized spacial score (nSPS) is 13.6. The molecule has 0 unspecified atom stereocenters. The van der Waals surface area contributed by atoms with Gasteiger partial charge in [0.05, 0.1) is 19.4 Å². The van der Waals surface area contributed by atoms with Gasteiger partial charge in [0.2, 0.25) is 0 Å². The molecular weight excluding hydrogens is 231 g/mol. The summed E-state index contributed by atoms with van der Waals surface area (Å²) in [5.74, 6) is 3.53. The maximum absolute atomic E-state index is 2.32. The monoisotopic (exact) mass is 249 g/mol. The minimum absolute atomic E-state index is 0.365. The van der Waals surface area contributed by atoms with Gasteiger partial charge in [-0.2, -0.15) is 0 Å². The topological polar surface area (TPSA) is 7.12 Å². The molecule has 0 radical (unpaired) electrons. The van der Waals surface area contributed by atoms with Gasteiger partial charge in [-0.25, -0.2) is 4.57 Å². The van der Waals surface area contributed by atoms with Gasteiger partial charge in [0.1, 0.15) is 0 Å². The van der Waals surface area contributed by atoms with Gasteiger partial charge in [-0.3, -0.25) is 4.81 Å². The van der Waals surface area contributed by atoms with E-state index in [1.807, 2.05) is 0 Å². The number of benzene rings is 1. The summed E-state index contributed by atoms with van der Waals surface area (Å²) in [6, 6.07) is 12.9. The molecule has 1 aliphatic heterocycles. The lowest BCUT2D eigenvalue weighted by atomic mass is 9.61. The zero-order valence-corrected chi connectivity index (χ0v) is 11.7. The fourth-order valence-corrected chi connectivity index (χ4v) is 2.67. The van der Waals surface area contributed by atoms with Crippen LogP contribution in [0.15, 0.2) is 42.6 Å². The predicted octanol–water partition coefficient (Wildman–Crippen LogP) is 1.02. The highest BCUT2D eigenvalue weighted by Gasteiger charge is 2.27. The standard InChI is InChI=1S/C16H18BN2/c1-13-8-9-16(18(3)11-13)19-12-15-7-5-4-6-14(15)10-17(19)2/h4-12H,1-3H3/q+1. The van der Waals surface area contributed by atoms with E-state index in [0.29, 0.717) is 6.85 Å². The van der Waals surface area contributed by atoms with E-state index in [-0.39, 0.29) is 0 Å². The molecule has 2 aromatic rings. The van der Waals surface area contributed by atoms with Crippen LogP contribution < -0.4 is 19.8 Å². The molecule has 0 amide bonds. The molecule has 3 heteroatoms. The Kier molecular flexibility index (Phi) is 2.90. The summed E-state index contributed by atoms with van der Waals surface area (Å²) in [5.41, 5.74) is 1.28. The van der Waals surface area contributed by atoms with Crippen molar-refractivity contribution in [3.05, 3.63) is 58.6 Å². The summed E-state index contributed by atoms with van der Waals surface area (Å²) in [4.78, 5) is 2.32. The van der Waals surface area contributed by atoms with Gasteiger partial charge >= 0.3 is 6.85 Å². The van der Waals surface area contributed by atoms with Gasteiger partial charge in [0, 0.05) is 11.3 Å². The number of hydrogen-bond donors (Lipinski definition) is 0. The molecule has 0 fully saturated rings. The van der Waals surface area contributed by atoms with Crippen molar-refractivity contribution in [1.82, 2.24) is 0 Å². The van der Waals surface area contributed by atoms with Gasteiger partial charge in [-0.15, -0.1) is 0 Å². The van der Waals surface area contributed by atoms with Crippen LogP contribution in [-0.2, 0) is 7.05 Å². The second-order valence-corrected chi connectivity index (χ2v) is 5.25. The number of nitrogens with zero attached hydrogens (tertiary/aromatic N) is 2. The first-order valence-corrected chi connectivity index (χ1v) is 6.68. The van der Waals surface area contributed by atoms with Crippen LogP contribution in [-0.4, -0.2) is 6.85 Å². The molecule has 1 aliphatic rings. The fraction of sp³-hybridized carbons (Fsp3) is 0.188. The van der Waals surface area contributed by atoms with Crippen molar-refractivity contribution in [2.75, 3.05) is 4.81 Å². The van der Waals surface area contributed by atoms with Crippen LogP contribution >= 0.6 is 0 Å². The summed E-state index contributed by atoms with van der Waals surface area (Å²) < 4.78 is 2.18. The molecule has 0 aliphatic carbocycles. The van der Waals surface area contributed by atoms with E-state index in [4.69, 9.17) is 0 Å². The number of pyridine rings is 1. The van der Waals surface area contributed by atoms with Gasteiger partial charge in [-0.1, -0.05) is 30.2 Å². The molecular formula is C16H18BN2+. The summed E-state index contributed by atoms with van der Waals surface area (Å²) in [5, 5.41) is 2.60. The Hall–Kier alpha value is -2.03. The lowest BCUT2D eigenvalue weighted by molar-refractivity contribution is -0.658. The van der Waals surface area contributed by atoms with Crippen molar-refractivity contribution >= 4 is 24.8 Å². The Morgan fingerprint density at radius 1 is 1.05 bits per heavy atom. The van der Waals surface area contributed by atoms with Crippen LogP contribution in [0.25, 0.3) is 12.2 Å². The molecule has 0 bridgehead atoms. The Labute approximate surface area is 114 Å². The van der Waals surface area contributed by atoms with E-state index >= 15 is 0 Å². The van der Waals surface area contributed by atoms with E-state index in [9.17, 15) is 0 Å². The number of anilines is 1. The first-order chi connectivity index (χ1) is 9.15. The fourth-order valence-electron chi connectivity index (χ4n) is 2.67. The SMILES string of the molecule is CB1C=c2ccccc2=CN1c1ccc(C)c[n+]1C. The predicted molar refractivity (Wildman–Crippen MR) is 81.1 cm³/mol. The van der Waals surface area contributed by atoms with Gasteiger partial charge in [0.25, 0.3) is 5.82 Å². The third kappa shape index (κ3) is 2.16. The Morgan fingerprint density at radius 3 is 2.53 bits per heavy atom. The third-order valence-corrected chi connectivity index (χ3v) is 3.65. The molecule has 2 heterocycles. The zero-order valence-electron chi connectivity index (χ0n) is 11.7. The summed E-state index contributed by atoms with van der Waals surface area (Å²) in [6.45, 7) is 4.71. The van der Waals surface area contributed by atoms with Crippen LogP contribution in [0.2, 0.25) is 6.82 Å². The maximum Gasteiger partial charge on any atom is 0.402 e. The summed E-state index contributed by atoms with van der Waals surface area (Å²) in [6.07, 6.45) is 4.40. The van der Waals surface area contributed by atoms with Crippen molar-refractivity contribution in [1.29, 1.82) is 0 Å². The van der Waals surface area contributed by atoms with Gasteiger partial charge < -0.3 is 0 Å². The smallest absolute Gasteiger partial charge is 0.293 e. The number of fused-ring (bicyclic) bond motifs is 1. The highest BCUT2D eigenvalue weighted by Crippen LogP contribution is 2.13. The molecule has 19 heavy (non-hydrogen) atoms. The highest BCUT2D eigenvalue weighted by molar-refractivity contribution is 6.76. The minimum Gasteiger partial charge on any atom is -0.293 e. The molecule has 1 aromatic heterocycles. The van der Waals surface area contributed by atoms with Crippen LogP contribution in [0.4, 0.5) is 5.82 Å². The van der Waals surface area contributed by atoms with Crippen LogP contribution in [0.3, 0.4) is 0 Å². The molecule has 0 atom stereocenters. The molecule has 0 spiro atoms. The minimum atomic E-state index is 0.365. The summed E-state index contributed by atoms with van der Waals surface area (Å²) in [7, 11) is 2.10. The van der Waals surface area contributed by atoms with Gasteiger partial charge in [0.15, 0.2) is 0 Å². The average Bonchev–Trinajstić information content (AvgIpc) is 2.38. The average molecular weight is 249 g/mol. The van der Waals surface area contributed by atoms with Gasteiger partial charge in [-0.05, 0) is 30.6 Å². The Balaban J connectivity index is 2.14. The zero-order chi connectivity index (χ0) is 13.4. The van der Waals surface area contributed by atoms with Crippen molar-refractivity contribution < 1.29 is 4.57 Å². The summed E-state index contributed by atoms with van der Waals surface area (Å²) >= 11 is 0. The van der Waals surface area contributed by atoms with Crippen LogP contribution in [0, 0.1) is 6.92 Å². The Bertz CT molecular complexity index is 737. The second-order valence-electron chi connectivity index (χ2n) is 5.25. The molecule has 1 aromatic carbocycles. The molecule has 0 saturated carbocycles. The number of rotatable bonds is 1.